The Balaban J connectivity index is 1.43. The standard InChI is InChI=1S/C18H17F3N4O2/c19-18(20,21)11-27-16-6-5-12(8-22-16)9-23-17(26)24-10-14-7-13-3-1-2-4-15(13)25-14/h1-8,25H,9-11H2,(H2,23,24,26). The molecule has 3 N–H and O–H groups in total. The molecular formula is C18H17F3N4O2. The average molecular weight is 378 g/mol. The van der Waals surface area contributed by atoms with E-state index in [1.807, 2.05) is 30.3 Å². The van der Waals surface area contributed by atoms with Gasteiger partial charge in [0.15, 0.2) is 6.61 Å². The molecule has 2 heterocycles. The monoisotopic (exact) mass is 378 g/mol. The molecule has 0 atom stereocenters. The number of benzene rings is 1. The Morgan fingerprint density at radius 1 is 1.11 bits per heavy atom. The van der Waals surface area contributed by atoms with Crippen LogP contribution in [0.2, 0.25) is 0 Å². The Hall–Kier alpha value is -3.23. The third-order valence-electron chi connectivity index (χ3n) is 3.66. The molecule has 2 aromatic heterocycles. The predicted octanol–water partition coefficient (Wildman–Crippen LogP) is 3.50. The molecule has 3 aromatic rings. The normalized spacial score (nSPS) is 11.4. The van der Waals surface area contributed by atoms with Gasteiger partial charge in [-0.3, -0.25) is 0 Å². The summed E-state index contributed by atoms with van der Waals surface area (Å²) in [5.74, 6) is -0.126. The SMILES string of the molecule is O=C(NCc1ccc(OCC(F)(F)F)nc1)NCc1cc2ccccc2[nH]1. The molecule has 0 aliphatic carbocycles. The van der Waals surface area contributed by atoms with Crippen LogP contribution >= 0.6 is 0 Å². The number of carbonyl (C=O) groups excluding carboxylic acids is 1. The summed E-state index contributed by atoms with van der Waals surface area (Å²) in [4.78, 5) is 18.9. The highest BCUT2D eigenvalue weighted by Crippen LogP contribution is 2.17. The third-order valence-corrected chi connectivity index (χ3v) is 3.66. The van der Waals surface area contributed by atoms with Gasteiger partial charge in [-0.15, -0.1) is 0 Å². The summed E-state index contributed by atoms with van der Waals surface area (Å²) >= 11 is 0. The maximum Gasteiger partial charge on any atom is 0.422 e. The minimum Gasteiger partial charge on any atom is -0.468 e. The van der Waals surface area contributed by atoms with Crippen molar-refractivity contribution < 1.29 is 22.7 Å². The molecule has 3 rings (SSSR count). The lowest BCUT2D eigenvalue weighted by Gasteiger charge is -2.09. The van der Waals surface area contributed by atoms with Crippen LogP contribution in [0.5, 0.6) is 5.88 Å². The highest BCUT2D eigenvalue weighted by Gasteiger charge is 2.28. The molecule has 0 saturated carbocycles. The Kier molecular flexibility index (Phi) is 5.49. The molecule has 1 aromatic carbocycles. The fraction of sp³-hybridized carbons (Fsp3) is 0.222. The van der Waals surface area contributed by atoms with E-state index in [-0.39, 0.29) is 18.5 Å². The maximum absolute atomic E-state index is 12.1. The van der Waals surface area contributed by atoms with E-state index in [1.54, 1.807) is 0 Å². The number of fused-ring (bicyclic) bond motifs is 1. The van der Waals surface area contributed by atoms with Crippen molar-refractivity contribution in [1.29, 1.82) is 0 Å². The summed E-state index contributed by atoms with van der Waals surface area (Å²) in [6.45, 7) is -0.873. The van der Waals surface area contributed by atoms with Crippen LogP contribution in [0.15, 0.2) is 48.7 Å². The lowest BCUT2D eigenvalue weighted by Crippen LogP contribution is -2.34. The summed E-state index contributed by atoms with van der Waals surface area (Å²) < 4.78 is 40.8. The number of ether oxygens (including phenoxy) is 1. The van der Waals surface area contributed by atoms with Crippen LogP contribution in [0.3, 0.4) is 0 Å². The van der Waals surface area contributed by atoms with E-state index in [9.17, 15) is 18.0 Å². The van der Waals surface area contributed by atoms with Crippen LogP contribution in [0.25, 0.3) is 10.9 Å². The van der Waals surface area contributed by atoms with Crippen LogP contribution in [-0.2, 0) is 13.1 Å². The molecule has 0 radical (unpaired) electrons. The van der Waals surface area contributed by atoms with Crippen molar-refractivity contribution in [3.8, 4) is 5.88 Å². The van der Waals surface area contributed by atoms with Crippen molar-refractivity contribution in [2.75, 3.05) is 6.61 Å². The van der Waals surface area contributed by atoms with E-state index in [2.05, 4.69) is 25.3 Å². The molecule has 2 amide bonds. The second kappa shape index (κ2) is 7.98. The average Bonchev–Trinajstić information content (AvgIpc) is 3.06. The van der Waals surface area contributed by atoms with Crippen molar-refractivity contribution in [3.63, 3.8) is 0 Å². The number of aromatic nitrogens is 2. The van der Waals surface area contributed by atoms with Crippen molar-refractivity contribution in [2.24, 2.45) is 0 Å². The molecule has 27 heavy (non-hydrogen) atoms. The maximum atomic E-state index is 12.1. The van der Waals surface area contributed by atoms with Gasteiger partial charge in [0.25, 0.3) is 0 Å². The molecular weight excluding hydrogens is 361 g/mol. The number of nitrogens with zero attached hydrogens (tertiary/aromatic N) is 1. The number of H-pyrrole nitrogens is 1. The highest BCUT2D eigenvalue weighted by atomic mass is 19.4. The van der Waals surface area contributed by atoms with Crippen LogP contribution in [0.1, 0.15) is 11.3 Å². The molecule has 9 heteroatoms. The predicted molar refractivity (Wildman–Crippen MR) is 93.2 cm³/mol. The van der Waals surface area contributed by atoms with Gasteiger partial charge in [-0.25, -0.2) is 9.78 Å². The number of amides is 2. The first-order valence-corrected chi connectivity index (χ1v) is 8.12. The first-order chi connectivity index (χ1) is 12.9. The first kappa shape index (κ1) is 18.6. The van der Waals surface area contributed by atoms with Crippen molar-refractivity contribution in [3.05, 3.63) is 59.9 Å². The zero-order valence-corrected chi connectivity index (χ0v) is 14.1. The number of carbonyl (C=O) groups is 1. The van der Waals surface area contributed by atoms with Gasteiger partial charge in [0, 0.05) is 30.0 Å². The molecule has 0 spiro atoms. The molecule has 0 fully saturated rings. The van der Waals surface area contributed by atoms with Gasteiger partial charge >= 0.3 is 12.2 Å². The topological polar surface area (TPSA) is 79.0 Å². The number of nitrogens with one attached hydrogen (secondary N) is 3. The van der Waals surface area contributed by atoms with Crippen LogP contribution in [0.4, 0.5) is 18.0 Å². The van der Waals surface area contributed by atoms with E-state index < -0.39 is 12.8 Å². The Labute approximate surface area is 152 Å². The number of hydrogen-bond acceptors (Lipinski definition) is 3. The molecule has 0 saturated heterocycles. The van der Waals surface area contributed by atoms with E-state index >= 15 is 0 Å². The van der Waals surface area contributed by atoms with E-state index in [4.69, 9.17) is 0 Å². The van der Waals surface area contributed by atoms with E-state index in [0.29, 0.717) is 12.1 Å². The van der Waals surface area contributed by atoms with Crippen LogP contribution < -0.4 is 15.4 Å². The summed E-state index contributed by atoms with van der Waals surface area (Å²) in [6.07, 6.45) is -3.06. The number of pyridine rings is 1. The van der Waals surface area contributed by atoms with E-state index in [0.717, 1.165) is 16.6 Å². The number of alkyl halides is 3. The molecule has 0 aliphatic rings. The number of hydrogen-bond donors (Lipinski definition) is 3. The Morgan fingerprint density at radius 3 is 2.59 bits per heavy atom. The fourth-order valence-electron chi connectivity index (χ4n) is 2.41. The molecule has 0 aliphatic heterocycles. The summed E-state index contributed by atoms with van der Waals surface area (Å²) in [7, 11) is 0. The Bertz CT molecular complexity index is 874. The van der Waals surface area contributed by atoms with Gasteiger partial charge in [0.2, 0.25) is 5.88 Å². The number of aromatic amines is 1. The number of para-hydroxylation sites is 1. The van der Waals surface area contributed by atoms with Gasteiger partial charge in [-0.2, -0.15) is 13.2 Å². The quantitative estimate of drug-likeness (QED) is 0.614. The second-order valence-electron chi connectivity index (χ2n) is 5.83. The number of rotatable bonds is 6. The third kappa shape index (κ3) is 5.63. The van der Waals surface area contributed by atoms with Crippen molar-refractivity contribution in [1.82, 2.24) is 20.6 Å². The van der Waals surface area contributed by atoms with Crippen molar-refractivity contribution >= 4 is 16.9 Å². The smallest absolute Gasteiger partial charge is 0.422 e. The fourth-order valence-corrected chi connectivity index (χ4v) is 2.41. The number of urea groups is 1. The molecule has 0 unspecified atom stereocenters. The summed E-state index contributed by atoms with van der Waals surface area (Å²) in [5, 5.41) is 6.44. The first-order valence-electron chi connectivity index (χ1n) is 8.12. The van der Waals surface area contributed by atoms with Gasteiger partial charge in [0.1, 0.15) is 0 Å². The van der Waals surface area contributed by atoms with Gasteiger partial charge in [0.05, 0.1) is 6.54 Å². The van der Waals surface area contributed by atoms with E-state index in [1.165, 1.54) is 18.3 Å². The summed E-state index contributed by atoms with van der Waals surface area (Å²) in [5.41, 5.74) is 2.50. The zero-order valence-electron chi connectivity index (χ0n) is 14.1. The van der Waals surface area contributed by atoms with Crippen molar-refractivity contribution in [2.45, 2.75) is 19.3 Å². The number of halogens is 3. The largest absolute Gasteiger partial charge is 0.468 e. The Morgan fingerprint density at radius 2 is 1.89 bits per heavy atom. The lowest BCUT2D eigenvalue weighted by molar-refractivity contribution is -0.154. The minimum absolute atomic E-state index is 0.126. The van der Waals surface area contributed by atoms with Gasteiger partial charge < -0.3 is 20.4 Å². The second-order valence-corrected chi connectivity index (χ2v) is 5.83. The minimum atomic E-state index is -4.41. The summed E-state index contributed by atoms with van der Waals surface area (Å²) in [6, 6.07) is 12.2. The highest BCUT2D eigenvalue weighted by molar-refractivity contribution is 5.80. The zero-order chi connectivity index (χ0) is 19.3. The van der Waals surface area contributed by atoms with Crippen LogP contribution in [0, 0.1) is 0 Å². The van der Waals surface area contributed by atoms with Gasteiger partial charge in [-0.05, 0) is 23.1 Å². The molecule has 0 bridgehead atoms. The molecule has 6 nitrogen and oxygen atoms in total. The van der Waals surface area contributed by atoms with Crippen LogP contribution in [-0.4, -0.2) is 28.8 Å². The lowest BCUT2D eigenvalue weighted by atomic mass is 10.2. The molecule has 142 valence electrons. The van der Waals surface area contributed by atoms with Gasteiger partial charge in [-0.1, -0.05) is 24.3 Å².